The number of amides is 1. The lowest BCUT2D eigenvalue weighted by Gasteiger charge is -2.21. The lowest BCUT2D eigenvalue weighted by atomic mass is 10.1. The van der Waals surface area contributed by atoms with Gasteiger partial charge in [-0.3, -0.25) is 4.79 Å². The molecule has 6 heteroatoms. The van der Waals surface area contributed by atoms with Crippen LogP contribution in [0.25, 0.3) is 22.4 Å². The highest BCUT2D eigenvalue weighted by molar-refractivity contribution is 7.08. The highest BCUT2D eigenvalue weighted by atomic mass is 32.1. The first-order valence-corrected chi connectivity index (χ1v) is 12.0. The number of aromatic hydroxyl groups is 1. The number of nitrogens with one attached hydrogen (secondary N) is 1. The lowest BCUT2D eigenvalue weighted by molar-refractivity contribution is -0.131. The van der Waals surface area contributed by atoms with Crippen LogP contribution in [-0.2, 0) is 11.3 Å². The van der Waals surface area contributed by atoms with Crippen molar-refractivity contribution in [3.63, 3.8) is 0 Å². The molecule has 2 aromatic carbocycles. The molecule has 0 atom stereocenters. The van der Waals surface area contributed by atoms with Crippen molar-refractivity contribution in [1.29, 1.82) is 0 Å². The number of phenolic OH excluding ortho intramolecular Hbond substituents is 1. The predicted octanol–water partition coefficient (Wildman–Crippen LogP) is 6.03. The largest absolute Gasteiger partial charge is 0.508 e. The Morgan fingerprint density at radius 3 is 2.58 bits per heavy atom. The van der Waals surface area contributed by atoms with Crippen LogP contribution >= 0.6 is 11.3 Å². The molecule has 2 N–H and O–H groups in total. The minimum atomic E-state index is 0.107. The van der Waals surface area contributed by atoms with E-state index < -0.39 is 0 Å². The molecule has 1 amide bonds. The van der Waals surface area contributed by atoms with E-state index in [1.165, 1.54) is 0 Å². The maximum absolute atomic E-state index is 12.8. The van der Waals surface area contributed by atoms with Crippen LogP contribution in [0.4, 0.5) is 5.82 Å². The fourth-order valence-electron chi connectivity index (χ4n) is 3.67. The maximum Gasteiger partial charge on any atom is 0.224 e. The molecule has 0 spiro atoms. The van der Waals surface area contributed by atoms with Gasteiger partial charge in [-0.1, -0.05) is 42.5 Å². The Labute approximate surface area is 198 Å². The average Bonchev–Trinajstić information content (AvgIpc) is 3.38. The van der Waals surface area contributed by atoms with Crippen molar-refractivity contribution in [2.75, 3.05) is 18.4 Å². The summed E-state index contributed by atoms with van der Waals surface area (Å²) in [5.74, 6) is 1.01. The summed E-state index contributed by atoms with van der Waals surface area (Å²) in [6.45, 7) is 3.77. The van der Waals surface area contributed by atoms with Gasteiger partial charge in [0.05, 0.1) is 5.69 Å². The number of nitrogens with zero attached hydrogens (tertiary/aromatic N) is 2. The molecule has 2 aromatic heterocycles. The molecule has 0 aliphatic heterocycles. The molecule has 0 saturated carbocycles. The van der Waals surface area contributed by atoms with Crippen molar-refractivity contribution in [2.45, 2.75) is 19.9 Å². The monoisotopic (exact) mass is 457 g/mol. The summed E-state index contributed by atoms with van der Waals surface area (Å²) < 4.78 is 0. The first-order chi connectivity index (χ1) is 16.1. The minimum Gasteiger partial charge on any atom is -0.508 e. The SMILES string of the molecule is CCN(Cc1ccccc1)C(=O)CCNc1cc(-c2ccsc2)cc(-c2cccc(O)c2)n1. The number of thiophene rings is 1. The molecule has 0 aliphatic rings. The van der Waals surface area contributed by atoms with Gasteiger partial charge in [0, 0.05) is 31.6 Å². The van der Waals surface area contributed by atoms with Gasteiger partial charge in [0.2, 0.25) is 5.91 Å². The Bertz CT molecular complexity index is 1190. The zero-order valence-corrected chi connectivity index (χ0v) is 19.4. The normalized spacial score (nSPS) is 10.7. The molecule has 0 bridgehead atoms. The highest BCUT2D eigenvalue weighted by Crippen LogP contribution is 2.30. The molecule has 0 fully saturated rings. The number of hydrogen-bond donors (Lipinski definition) is 2. The topological polar surface area (TPSA) is 65.5 Å². The Balaban J connectivity index is 1.47. The third-order valence-electron chi connectivity index (χ3n) is 5.42. The van der Waals surface area contributed by atoms with Crippen molar-refractivity contribution in [3.8, 4) is 28.1 Å². The molecule has 0 unspecified atom stereocenters. The second-order valence-corrected chi connectivity index (χ2v) is 8.54. The molecule has 4 rings (SSSR count). The van der Waals surface area contributed by atoms with Crippen LogP contribution in [0.5, 0.6) is 5.75 Å². The molecular formula is C27H27N3O2S. The Morgan fingerprint density at radius 2 is 1.85 bits per heavy atom. The van der Waals surface area contributed by atoms with E-state index in [-0.39, 0.29) is 11.7 Å². The molecule has 2 heterocycles. The molecule has 0 radical (unpaired) electrons. The van der Waals surface area contributed by atoms with E-state index in [9.17, 15) is 9.90 Å². The van der Waals surface area contributed by atoms with Crippen molar-refractivity contribution in [3.05, 3.63) is 89.1 Å². The standard InChI is InChI=1S/C27H27N3O2S/c1-2-30(18-20-7-4-3-5-8-20)27(32)11-13-28-26-17-23(22-12-14-33-19-22)16-25(29-26)21-9-6-10-24(31)15-21/h3-10,12,14-17,19,31H,2,11,13,18H2,1H3,(H,28,29). The third-order valence-corrected chi connectivity index (χ3v) is 6.10. The number of carbonyl (C=O) groups is 1. The van der Waals surface area contributed by atoms with Gasteiger partial charge in [0.15, 0.2) is 0 Å². The van der Waals surface area contributed by atoms with Gasteiger partial charge in [-0.25, -0.2) is 4.98 Å². The fraction of sp³-hybridized carbons (Fsp3) is 0.185. The molecule has 4 aromatic rings. The van der Waals surface area contributed by atoms with Gasteiger partial charge in [-0.15, -0.1) is 0 Å². The van der Waals surface area contributed by atoms with Gasteiger partial charge >= 0.3 is 0 Å². The van der Waals surface area contributed by atoms with E-state index in [0.29, 0.717) is 31.9 Å². The zero-order valence-electron chi connectivity index (χ0n) is 18.6. The summed E-state index contributed by atoms with van der Waals surface area (Å²) >= 11 is 1.64. The second-order valence-electron chi connectivity index (χ2n) is 7.76. The van der Waals surface area contributed by atoms with E-state index >= 15 is 0 Å². The summed E-state index contributed by atoms with van der Waals surface area (Å²) in [5.41, 5.74) is 4.89. The van der Waals surface area contributed by atoms with E-state index in [1.807, 2.05) is 65.7 Å². The molecule has 5 nitrogen and oxygen atoms in total. The van der Waals surface area contributed by atoms with Gasteiger partial charge in [0.25, 0.3) is 0 Å². The zero-order chi connectivity index (χ0) is 23.0. The number of rotatable bonds is 9. The first-order valence-electron chi connectivity index (χ1n) is 11.0. The van der Waals surface area contributed by atoms with Crippen molar-refractivity contribution in [2.24, 2.45) is 0 Å². The van der Waals surface area contributed by atoms with Crippen LogP contribution in [0.2, 0.25) is 0 Å². The van der Waals surface area contributed by atoms with Gasteiger partial charge in [-0.05, 0) is 64.7 Å². The Hall–Kier alpha value is -3.64. The third kappa shape index (κ3) is 5.99. The Kier molecular flexibility index (Phi) is 7.37. The van der Waals surface area contributed by atoms with Crippen molar-refractivity contribution >= 4 is 23.1 Å². The number of benzene rings is 2. The molecule has 33 heavy (non-hydrogen) atoms. The number of carbonyl (C=O) groups excluding carboxylic acids is 1. The molecular weight excluding hydrogens is 430 g/mol. The first kappa shape index (κ1) is 22.6. The quantitative estimate of drug-likeness (QED) is 0.322. The fourth-order valence-corrected chi connectivity index (χ4v) is 4.33. The average molecular weight is 458 g/mol. The predicted molar refractivity (Wildman–Crippen MR) is 135 cm³/mol. The summed E-state index contributed by atoms with van der Waals surface area (Å²) in [7, 11) is 0. The van der Waals surface area contributed by atoms with Crippen molar-refractivity contribution in [1.82, 2.24) is 9.88 Å². The van der Waals surface area contributed by atoms with E-state index in [0.717, 1.165) is 27.9 Å². The van der Waals surface area contributed by atoms with E-state index in [4.69, 9.17) is 4.98 Å². The van der Waals surface area contributed by atoms with Crippen LogP contribution in [0, 0.1) is 0 Å². The number of phenols is 1. The van der Waals surface area contributed by atoms with Gasteiger partial charge in [-0.2, -0.15) is 11.3 Å². The Morgan fingerprint density at radius 1 is 1.00 bits per heavy atom. The summed E-state index contributed by atoms with van der Waals surface area (Å²) in [6, 6.07) is 23.2. The molecule has 168 valence electrons. The number of aromatic nitrogens is 1. The van der Waals surface area contributed by atoms with Crippen LogP contribution in [0.1, 0.15) is 18.9 Å². The summed E-state index contributed by atoms with van der Waals surface area (Å²) in [5, 5.41) is 17.4. The smallest absolute Gasteiger partial charge is 0.224 e. The van der Waals surface area contributed by atoms with Crippen molar-refractivity contribution < 1.29 is 9.90 Å². The highest BCUT2D eigenvalue weighted by Gasteiger charge is 2.13. The number of pyridine rings is 1. The second kappa shape index (κ2) is 10.8. The lowest BCUT2D eigenvalue weighted by Crippen LogP contribution is -2.31. The van der Waals surface area contributed by atoms with Crippen LogP contribution in [-0.4, -0.2) is 34.0 Å². The summed E-state index contributed by atoms with van der Waals surface area (Å²) in [6.07, 6.45) is 0.381. The van der Waals surface area contributed by atoms with Gasteiger partial charge < -0.3 is 15.3 Å². The number of anilines is 1. The van der Waals surface area contributed by atoms with Crippen LogP contribution < -0.4 is 5.32 Å². The number of hydrogen-bond acceptors (Lipinski definition) is 5. The van der Waals surface area contributed by atoms with Gasteiger partial charge in [0.1, 0.15) is 11.6 Å². The van der Waals surface area contributed by atoms with Crippen LogP contribution in [0.3, 0.4) is 0 Å². The van der Waals surface area contributed by atoms with E-state index in [1.54, 1.807) is 29.5 Å². The maximum atomic E-state index is 12.8. The van der Waals surface area contributed by atoms with E-state index in [2.05, 4.69) is 16.8 Å². The van der Waals surface area contributed by atoms with Crippen LogP contribution in [0.15, 0.2) is 83.6 Å². The minimum absolute atomic E-state index is 0.107. The molecule has 0 aliphatic carbocycles. The summed E-state index contributed by atoms with van der Waals surface area (Å²) in [4.78, 5) is 19.4. The molecule has 0 saturated heterocycles.